The number of benzene rings is 1. The van der Waals surface area contributed by atoms with Gasteiger partial charge in [-0.15, -0.1) is 0 Å². The van der Waals surface area contributed by atoms with Crippen molar-refractivity contribution in [2.75, 3.05) is 0 Å². The van der Waals surface area contributed by atoms with Gasteiger partial charge in [0.15, 0.2) is 0 Å². The number of nitrogens with one attached hydrogen (secondary N) is 1. The van der Waals surface area contributed by atoms with Crippen molar-refractivity contribution in [3.63, 3.8) is 0 Å². The fourth-order valence-electron chi connectivity index (χ4n) is 2.06. The maximum absolute atomic E-state index is 11.9. The lowest BCUT2D eigenvalue weighted by Crippen LogP contribution is -2.37. The van der Waals surface area contributed by atoms with Crippen molar-refractivity contribution < 1.29 is 4.79 Å². The molecule has 1 saturated carbocycles. The number of amides is 1. The first kappa shape index (κ1) is 11.9. The number of halogens is 1. The fraction of sp³-hybridized carbons (Fsp3) is 0.462. The first-order valence-electron chi connectivity index (χ1n) is 5.75. The molecule has 1 N–H and O–H groups in total. The highest BCUT2D eigenvalue weighted by Gasteiger charge is 2.20. The van der Waals surface area contributed by atoms with Gasteiger partial charge >= 0.3 is 0 Å². The molecule has 1 aromatic rings. The van der Waals surface area contributed by atoms with Gasteiger partial charge in [-0.05, 0) is 37.8 Å². The molecule has 1 amide bonds. The Morgan fingerprint density at radius 3 is 2.38 bits per heavy atom. The van der Waals surface area contributed by atoms with Crippen LogP contribution in [0.15, 0.2) is 30.3 Å². The molecule has 2 nitrogen and oxygen atoms in total. The van der Waals surface area contributed by atoms with E-state index in [4.69, 9.17) is 0 Å². The normalized spacial score (nSPS) is 25.1. The van der Waals surface area contributed by atoms with Gasteiger partial charge in [-0.25, -0.2) is 0 Å². The third-order valence-electron chi connectivity index (χ3n) is 3.03. The van der Waals surface area contributed by atoms with Crippen LogP contribution in [0.25, 0.3) is 0 Å². The number of carbonyl (C=O) groups excluding carboxylic acids is 1. The summed E-state index contributed by atoms with van der Waals surface area (Å²) in [4.78, 5) is 11.9. The summed E-state index contributed by atoms with van der Waals surface area (Å²) in [5.41, 5.74) is 0.763. The number of carbonyl (C=O) groups is 1. The highest BCUT2D eigenvalue weighted by atomic mass is 127. The lowest BCUT2D eigenvalue weighted by Gasteiger charge is -2.26. The summed E-state index contributed by atoms with van der Waals surface area (Å²) in [7, 11) is 0. The molecule has 1 aromatic carbocycles. The summed E-state index contributed by atoms with van der Waals surface area (Å²) in [6.45, 7) is 0. The van der Waals surface area contributed by atoms with Gasteiger partial charge in [0.05, 0.1) is 0 Å². The van der Waals surface area contributed by atoms with Crippen LogP contribution in [0.4, 0.5) is 0 Å². The minimum absolute atomic E-state index is 0.0671. The van der Waals surface area contributed by atoms with Gasteiger partial charge < -0.3 is 5.32 Å². The molecule has 86 valence electrons. The van der Waals surface area contributed by atoms with E-state index in [1.165, 1.54) is 12.8 Å². The van der Waals surface area contributed by atoms with Crippen molar-refractivity contribution in [3.8, 4) is 0 Å². The molecule has 1 aliphatic carbocycles. The SMILES string of the molecule is O=C(NC1CCC(I)CC1)c1ccccc1. The third-order valence-corrected chi connectivity index (χ3v) is 4.27. The van der Waals surface area contributed by atoms with Gasteiger partial charge in [0.25, 0.3) is 5.91 Å². The predicted molar refractivity (Wildman–Crippen MR) is 74.0 cm³/mol. The van der Waals surface area contributed by atoms with Gasteiger partial charge in [-0.2, -0.15) is 0 Å². The van der Waals surface area contributed by atoms with Crippen LogP contribution < -0.4 is 5.32 Å². The minimum Gasteiger partial charge on any atom is -0.349 e. The first-order chi connectivity index (χ1) is 7.75. The monoisotopic (exact) mass is 329 g/mol. The third kappa shape index (κ3) is 3.20. The van der Waals surface area contributed by atoms with Crippen LogP contribution in [0.3, 0.4) is 0 Å². The van der Waals surface area contributed by atoms with E-state index in [1.807, 2.05) is 30.3 Å². The molecule has 1 fully saturated rings. The average molecular weight is 329 g/mol. The molecule has 0 bridgehead atoms. The summed E-state index contributed by atoms with van der Waals surface area (Å²) < 4.78 is 0.794. The Bertz CT molecular complexity index is 344. The largest absolute Gasteiger partial charge is 0.349 e. The van der Waals surface area contributed by atoms with E-state index in [1.54, 1.807) is 0 Å². The molecule has 0 aromatic heterocycles. The van der Waals surface area contributed by atoms with Crippen LogP contribution in [-0.4, -0.2) is 15.9 Å². The lowest BCUT2D eigenvalue weighted by atomic mass is 9.95. The maximum Gasteiger partial charge on any atom is 0.251 e. The second-order valence-electron chi connectivity index (χ2n) is 4.29. The smallest absolute Gasteiger partial charge is 0.251 e. The maximum atomic E-state index is 11.9. The van der Waals surface area contributed by atoms with Gasteiger partial charge in [0.1, 0.15) is 0 Å². The van der Waals surface area contributed by atoms with Crippen molar-refractivity contribution in [1.29, 1.82) is 0 Å². The molecule has 0 saturated heterocycles. The molecule has 0 spiro atoms. The summed E-state index contributed by atoms with van der Waals surface area (Å²) in [6, 6.07) is 9.82. The fourth-order valence-corrected chi connectivity index (χ4v) is 2.77. The van der Waals surface area contributed by atoms with Gasteiger partial charge in [0, 0.05) is 15.5 Å². The Kier molecular flexibility index (Phi) is 4.21. The second-order valence-corrected chi connectivity index (χ2v) is 6.05. The van der Waals surface area contributed by atoms with Crippen LogP contribution in [0.1, 0.15) is 36.0 Å². The zero-order valence-corrected chi connectivity index (χ0v) is 11.3. The molecule has 16 heavy (non-hydrogen) atoms. The molecule has 0 heterocycles. The lowest BCUT2D eigenvalue weighted by molar-refractivity contribution is 0.0928. The zero-order chi connectivity index (χ0) is 11.4. The Hall–Kier alpha value is -0.580. The van der Waals surface area contributed by atoms with Crippen molar-refractivity contribution in [3.05, 3.63) is 35.9 Å². The average Bonchev–Trinajstić information content (AvgIpc) is 2.33. The van der Waals surface area contributed by atoms with E-state index in [9.17, 15) is 4.79 Å². The van der Waals surface area contributed by atoms with Gasteiger partial charge in [0.2, 0.25) is 0 Å². The molecule has 0 atom stereocenters. The number of hydrogen-bond acceptors (Lipinski definition) is 1. The molecule has 2 rings (SSSR count). The standard InChI is InChI=1S/C13H16INO/c14-11-6-8-12(9-7-11)15-13(16)10-4-2-1-3-5-10/h1-5,11-12H,6-9H2,(H,15,16). The Morgan fingerprint density at radius 2 is 1.75 bits per heavy atom. The first-order valence-corrected chi connectivity index (χ1v) is 7.00. The second kappa shape index (κ2) is 5.66. The van der Waals surface area contributed by atoms with Crippen LogP contribution in [0.2, 0.25) is 0 Å². The topological polar surface area (TPSA) is 29.1 Å². The summed E-state index contributed by atoms with van der Waals surface area (Å²) in [5.74, 6) is 0.0671. The van der Waals surface area contributed by atoms with E-state index in [0.717, 1.165) is 22.3 Å². The Morgan fingerprint density at radius 1 is 1.12 bits per heavy atom. The zero-order valence-electron chi connectivity index (χ0n) is 9.16. The summed E-state index contributed by atoms with van der Waals surface area (Å²) >= 11 is 2.50. The van der Waals surface area contributed by atoms with Crippen molar-refractivity contribution in [2.24, 2.45) is 0 Å². The van der Waals surface area contributed by atoms with Crippen LogP contribution in [0.5, 0.6) is 0 Å². The molecule has 3 heteroatoms. The van der Waals surface area contributed by atoms with Crippen LogP contribution in [-0.2, 0) is 0 Å². The molecular formula is C13H16INO. The number of alkyl halides is 1. The highest BCUT2D eigenvalue weighted by molar-refractivity contribution is 14.1. The van der Waals surface area contributed by atoms with Crippen LogP contribution >= 0.6 is 22.6 Å². The highest BCUT2D eigenvalue weighted by Crippen LogP contribution is 2.24. The predicted octanol–water partition coefficient (Wildman–Crippen LogP) is 3.16. The van der Waals surface area contributed by atoms with Gasteiger partial charge in [-0.3, -0.25) is 4.79 Å². The van der Waals surface area contributed by atoms with E-state index in [-0.39, 0.29) is 5.91 Å². The van der Waals surface area contributed by atoms with E-state index < -0.39 is 0 Å². The molecule has 0 radical (unpaired) electrons. The molecule has 1 aliphatic rings. The van der Waals surface area contributed by atoms with Gasteiger partial charge in [-0.1, -0.05) is 40.8 Å². The minimum atomic E-state index is 0.0671. The Labute approximate surface area is 110 Å². The molecular weight excluding hydrogens is 313 g/mol. The van der Waals surface area contributed by atoms with E-state index >= 15 is 0 Å². The molecule has 0 unspecified atom stereocenters. The number of rotatable bonds is 2. The summed E-state index contributed by atoms with van der Waals surface area (Å²) in [6.07, 6.45) is 4.68. The quantitative estimate of drug-likeness (QED) is 0.655. The summed E-state index contributed by atoms with van der Waals surface area (Å²) in [5, 5.41) is 3.11. The number of hydrogen-bond donors (Lipinski definition) is 1. The van der Waals surface area contributed by atoms with Crippen molar-refractivity contribution >= 4 is 28.5 Å². The van der Waals surface area contributed by atoms with Crippen molar-refractivity contribution in [2.45, 2.75) is 35.6 Å². The van der Waals surface area contributed by atoms with E-state index in [0.29, 0.717) is 6.04 Å². The van der Waals surface area contributed by atoms with E-state index in [2.05, 4.69) is 27.9 Å². The van der Waals surface area contributed by atoms with Crippen molar-refractivity contribution in [1.82, 2.24) is 5.32 Å². The molecule has 0 aliphatic heterocycles. The van der Waals surface area contributed by atoms with Crippen LogP contribution in [0, 0.1) is 0 Å². The Balaban J connectivity index is 1.88.